The molecule has 1 aromatic carbocycles. The highest BCUT2D eigenvalue weighted by molar-refractivity contribution is 7.21. The molecule has 2 N–H and O–H groups in total. The molecule has 4 aromatic rings. The Morgan fingerprint density at radius 2 is 2.02 bits per heavy atom. The minimum atomic E-state index is 0.0925. The zero-order chi connectivity index (χ0) is 28.1. The summed E-state index contributed by atoms with van der Waals surface area (Å²) < 4.78 is 0.982. The van der Waals surface area contributed by atoms with Crippen molar-refractivity contribution in [1.82, 2.24) is 29.7 Å². The maximum Gasteiger partial charge on any atom is 0.254 e. The fourth-order valence-corrected chi connectivity index (χ4v) is 7.40. The molecule has 10 nitrogen and oxygen atoms in total. The minimum Gasteiger partial charge on any atom is -0.395 e. The summed E-state index contributed by atoms with van der Waals surface area (Å²) in [5, 5.41) is 13.6. The average Bonchev–Trinajstić information content (AvgIpc) is 3.76. The van der Waals surface area contributed by atoms with E-state index in [9.17, 15) is 9.90 Å². The maximum absolute atomic E-state index is 13.1. The van der Waals surface area contributed by atoms with E-state index in [1.54, 1.807) is 11.3 Å². The second-order valence-corrected chi connectivity index (χ2v) is 12.4. The van der Waals surface area contributed by atoms with E-state index < -0.39 is 0 Å². The molecule has 3 aliphatic rings. The lowest BCUT2D eigenvalue weighted by atomic mass is 10.1. The van der Waals surface area contributed by atoms with Crippen LogP contribution in [0.2, 0.25) is 0 Å². The van der Waals surface area contributed by atoms with Crippen LogP contribution in [-0.2, 0) is 0 Å². The van der Waals surface area contributed by atoms with Crippen molar-refractivity contribution in [2.75, 3.05) is 43.0 Å². The Kier molecular flexibility index (Phi) is 6.80. The Bertz CT molecular complexity index is 1610. The van der Waals surface area contributed by atoms with Crippen LogP contribution in [0.3, 0.4) is 0 Å². The number of piperazine rings is 1. The lowest BCUT2D eigenvalue weighted by Gasteiger charge is -2.34. The van der Waals surface area contributed by atoms with Crippen LogP contribution < -0.4 is 10.2 Å². The van der Waals surface area contributed by atoms with Gasteiger partial charge in [-0.2, -0.15) is 4.98 Å². The second-order valence-electron chi connectivity index (χ2n) is 11.4. The fraction of sp³-hybridized carbons (Fsp3) is 0.433. The van der Waals surface area contributed by atoms with Crippen LogP contribution in [0.4, 0.5) is 17.6 Å². The molecule has 0 spiro atoms. The number of benzene rings is 1. The number of pyridine rings is 1. The number of anilines is 3. The van der Waals surface area contributed by atoms with E-state index in [4.69, 9.17) is 15.0 Å². The highest BCUT2D eigenvalue weighted by Crippen LogP contribution is 2.35. The molecule has 0 aliphatic carbocycles. The third-order valence-electron chi connectivity index (χ3n) is 8.54. The standard InChI is InChI=1S/C30H34N8O2S/c1-18-11-27(35-30(32-18)38-17-22-13-23(38)16-36(22)9-10-39)34-26-14-24-25(15-31-26)41-28(33-24)20-6-3-7-21(12-20)29(40)37-8-4-5-19(37)2/h3,6-7,11-12,14-15,19,22-23,39H,4-5,8-10,13,16-17H2,1-2H3,(H,31,32,34,35)/t19-,22-,23-/m0/s1. The van der Waals surface area contributed by atoms with Crippen molar-refractivity contribution in [3.05, 3.63) is 53.9 Å². The lowest BCUT2D eigenvalue weighted by molar-refractivity contribution is 0.0747. The van der Waals surface area contributed by atoms with Crippen LogP contribution in [0.5, 0.6) is 0 Å². The van der Waals surface area contributed by atoms with Crippen LogP contribution in [0, 0.1) is 6.92 Å². The Hall–Kier alpha value is -3.67. The van der Waals surface area contributed by atoms with Crippen molar-refractivity contribution in [3.8, 4) is 10.6 Å². The van der Waals surface area contributed by atoms with Crippen LogP contribution in [0.15, 0.2) is 42.6 Å². The van der Waals surface area contributed by atoms with Crippen molar-refractivity contribution < 1.29 is 9.90 Å². The van der Waals surface area contributed by atoms with Crippen molar-refractivity contribution in [3.63, 3.8) is 0 Å². The van der Waals surface area contributed by atoms with Crippen molar-refractivity contribution in [1.29, 1.82) is 0 Å². The number of likely N-dealkylation sites (tertiary alicyclic amines) is 2. The van der Waals surface area contributed by atoms with Gasteiger partial charge in [-0.3, -0.25) is 9.69 Å². The molecule has 3 aliphatic heterocycles. The number of hydrogen-bond donors (Lipinski definition) is 2. The van der Waals surface area contributed by atoms with Crippen LogP contribution in [0.25, 0.3) is 20.8 Å². The molecule has 3 fully saturated rings. The van der Waals surface area contributed by atoms with Gasteiger partial charge in [-0.1, -0.05) is 12.1 Å². The highest BCUT2D eigenvalue weighted by Gasteiger charge is 2.44. The Labute approximate surface area is 243 Å². The SMILES string of the molecule is Cc1cc(Nc2cc3nc(-c4cccc(C(=O)N5CCC[C@@H]5C)c4)sc3cn2)nc(N2C[C@@H]3C[C@H]2CN3CCO)n1. The van der Waals surface area contributed by atoms with E-state index >= 15 is 0 Å². The molecular formula is C30H34N8O2S. The summed E-state index contributed by atoms with van der Waals surface area (Å²) in [6, 6.07) is 12.8. The molecule has 2 bridgehead atoms. The van der Waals surface area contributed by atoms with Gasteiger partial charge in [0, 0.05) is 79.5 Å². The van der Waals surface area contributed by atoms with Gasteiger partial charge >= 0.3 is 0 Å². The number of β-amino-alcohol motifs (C(OH)–C–C–N with tert-alkyl or cyclic N) is 1. The number of carbonyl (C=O) groups is 1. The van der Waals surface area contributed by atoms with Gasteiger partial charge < -0.3 is 20.2 Å². The van der Waals surface area contributed by atoms with E-state index in [2.05, 4.69) is 27.0 Å². The Morgan fingerprint density at radius 3 is 2.80 bits per heavy atom. The largest absolute Gasteiger partial charge is 0.395 e. The van der Waals surface area contributed by atoms with Gasteiger partial charge in [0.1, 0.15) is 16.6 Å². The number of aromatic nitrogens is 4. The predicted octanol–water partition coefficient (Wildman–Crippen LogP) is 4.08. The zero-order valence-electron chi connectivity index (χ0n) is 23.3. The molecule has 3 aromatic heterocycles. The summed E-state index contributed by atoms with van der Waals surface area (Å²) in [6.07, 6.45) is 5.04. The fourth-order valence-electron chi connectivity index (χ4n) is 6.49. The molecule has 0 radical (unpaired) electrons. The van der Waals surface area contributed by atoms with Crippen molar-refractivity contribution >= 4 is 45.0 Å². The molecular weight excluding hydrogens is 536 g/mol. The number of amides is 1. The van der Waals surface area contributed by atoms with E-state index in [0.717, 1.165) is 77.9 Å². The predicted molar refractivity (Wildman–Crippen MR) is 161 cm³/mol. The van der Waals surface area contributed by atoms with Gasteiger partial charge in [-0.15, -0.1) is 11.3 Å². The summed E-state index contributed by atoms with van der Waals surface area (Å²) in [4.78, 5) is 38.8. The van der Waals surface area contributed by atoms with Crippen molar-refractivity contribution in [2.24, 2.45) is 0 Å². The quantitative estimate of drug-likeness (QED) is 0.340. The van der Waals surface area contributed by atoms with Crippen LogP contribution in [0.1, 0.15) is 42.2 Å². The third kappa shape index (κ3) is 5.02. The van der Waals surface area contributed by atoms with Gasteiger partial charge in [0.2, 0.25) is 5.95 Å². The summed E-state index contributed by atoms with van der Waals surface area (Å²) in [5.41, 5.74) is 3.38. The molecule has 41 heavy (non-hydrogen) atoms. The molecule has 212 valence electrons. The van der Waals surface area contributed by atoms with Gasteiger partial charge in [0.05, 0.1) is 16.8 Å². The summed E-state index contributed by atoms with van der Waals surface area (Å²) in [5.74, 6) is 2.20. The second kappa shape index (κ2) is 10.6. The highest BCUT2D eigenvalue weighted by atomic mass is 32.1. The first-order chi connectivity index (χ1) is 19.9. The molecule has 6 heterocycles. The number of aliphatic hydroxyl groups excluding tert-OH is 1. The minimum absolute atomic E-state index is 0.0925. The summed E-state index contributed by atoms with van der Waals surface area (Å²) in [7, 11) is 0. The monoisotopic (exact) mass is 570 g/mol. The zero-order valence-corrected chi connectivity index (χ0v) is 24.1. The number of rotatable bonds is 7. The normalized spacial score (nSPS) is 22.3. The van der Waals surface area contributed by atoms with Gasteiger partial charge in [0.25, 0.3) is 5.91 Å². The van der Waals surface area contributed by atoms with E-state index in [0.29, 0.717) is 29.3 Å². The van der Waals surface area contributed by atoms with E-state index in [1.165, 1.54) is 0 Å². The topological polar surface area (TPSA) is 111 Å². The first-order valence-electron chi connectivity index (χ1n) is 14.4. The van der Waals surface area contributed by atoms with Crippen LogP contribution in [-0.4, -0.2) is 91.7 Å². The summed E-state index contributed by atoms with van der Waals surface area (Å²) in [6.45, 7) is 7.66. The number of fused-ring (bicyclic) bond motifs is 3. The number of carbonyl (C=O) groups excluding carboxylic acids is 1. The number of aryl methyl sites for hydroxylation is 1. The van der Waals surface area contributed by atoms with E-state index in [1.807, 2.05) is 54.4 Å². The molecule has 1 amide bonds. The van der Waals surface area contributed by atoms with E-state index in [-0.39, 0.29) is 18.6 Å². The van der Waals surface area contributed by atoms with Crippen molar-refractivity contribution in [2.45, 2.75) is 51.2 Å². The van der Waals surface area contributed by atoms with Gasteiger partial charge in [0.15, 0.2) is 0 Å². The third-order valence-corrected chi connectivity index (χ3v) is 9.60. The number of nitrogens with one attached hydrogen (secondary N) is 1. The Balaban J connectivity index is 1.10. The first kappa shape index (κ1) is 26.2. The molecule has 11 heteroatoms. The molecule has 0 unspecified atom stereocenters. The average molecular weight is 571 g/mol. The van der Waals surface area contributed by atoms with Gasteiger partial charge in [-0.05, 0) is 45.2 Å². The smallest absolute Gasteiger partial charge is 0.254 e. The Morgan fingerprint density at radius 1 is 1.12 bits per heavy atom. The van der Waals surface area contributed by atoms with Crippen LogP contribution >= 0.6 is 11.3 Å². The lowest BCUT2D eigenvalue weighted by Crippen LogP contribution is -2.47. The molecule has 3 saturated heterocycles. The number of nitrogens with zero attached hydrogens (tertiary/aromatic N) is 7. The number of thiazole rings is 1. The van der Waals surface area contributed by atoms with Gasteiger partial charge in [-0.25, -0.2) is 15.0 Å². The number of aliphatic hydroxyl groups is 1. The maximum atomic E-state index is 13.1. The molecule has 3 atom stereocenters. The number of hydrogen-bond acceptors (Lipinski definition) is 10. The summed E-state index contributed by atoms with van der Waals surface area (Å²) >= 11 is 1.57. The molecule has 7 rings (SSSR count). The first-order valence-corrected chi connectivity index (χ1v) is 15.2. The molecule has 0 saturated carbocycles.